The van der Waals surface area contributed by atoms with Crippen molar-refractivity contribution < 1.29 is 9.47 Å². The van der Waals surface area contributed by atoms with Crippen LogP contribution in [0.15, 0.2) is 12.3 Å². The van der Waals surface area contributed by atoms with E-state index in [1.807, 2.05) is 0 Å². The van der Waals surface area contributed by atoms with Gasteiger partial charge in [-0.1, -0.05) is 13.8 Å². The van der Waals surface area contributed by atoms with E-state index in [9.17, 15) is 0 Å². The zero-order valence-electron chi connectivity index (χ0n) is 14.5. The first-order valence-corrected chi connectivity index (χ1v) is 8.11. The van der Waals surface area contributed by atoms with E-state index in [4.69, 9.17) is 15.2 Å². The van der Waals surface area contributed by atoms with Crippen LogP contribution in [-0.4, -0.2) is 34.4 Å². The topological polar surface area (TPSA) is 96.0 Å². The lowest BCUT2D eigenvalue weighted by Crippen LogP contribution is -2.08. The molecule has 0 bridgehead atoms. The normalized spacial score (nSPS) is 19.4. The van der Waals surface area contributed by atoms with Crippen LogP contribution in [0.25, 0.3) is 11.3 Å². The van der Waals surface area contributed by atoms with E-state index in [-0.39, 0.29) is 6.01 Å². The first-order valence-electron chi connectivity index (χ1n) is 8.11. The van der Waals surface area contributed by atoms with E-state index < -0.39 is 0 Å². The molecular formula is C17H23N5O2. The molecule has 0 spiro atoms. The molecule has 1 fully saturated rings. The lowest BCUT2D eigenvalue weighted by Gasteiger charge is -2.11. The second-order valence-electron chi connectivity index (χ2n) is 6.37. The Bertz CT molecular complexity index is 735. The number of rotatable bonds is 6. The number of ether oxygens (including phenoxy) is 2. The van der Waals surface area contributed by atoms with Gasteiger partial charge in [-0.15, -0.1) is 5.10 Å². The summed E-state index contributed by atoms with van der Waals surface area (Å²) in [6.07, 6.45) is 2.82. The van der Waals surface area contributed by atoms with Crippen LogP contribution in [0.5, 0.6) is 11.9 Å². The fourth-order valence-electron chi connectivity index (χ4n) is 3.13. The van der Waals surface area contributed by atoms with Gasteiger partial charge in [-0.3, -0.25) is 0 Å². The van der Waals surface area contributed by atoms with Gasteiger partial charge in [-0.05, 0) is 35.8 Å². The Balaban J connectivity index is 2.01. The van der Waals surface area contributed by atoms with Crippen LogP contribution >= 0.6 is 0 Å². The molecule has 1 aliphatic rings. The first kappa shape index (κ1) is 16.6. The Labute approximate surface area is 141 Å². The van der Waals surface area contributed by atoms with Gasteiger partial charge in [0, 0.05) is 12.7 Å². The van der Waals surface area contributed by atoms with Crippen LogP contribution in [0.1, 0.15) is 37.4 Å². The van der Waals surface area contributed by atoms with E-state index in [1.165, 1.54) is 19.1 Å². The summed E-state index contributed by atoms with van der Waals surface area (Å²) in [5.74, 6) is 2.25. The molecule has 0 aliphatic heterocycles. The monoisotopic (exact) mass is 329 g/mol. The van der Waals surface area contributed by atoms with Crippen molar-refractivity contribution in [2.24, 2.45) is 17.6 Å². The molecule has 1 saturated carbocycles. The van der Waals surface area contributed by atoms with Gasteiger partial charge in [-0.25, -0.2) is 4.98 Å². The summed E-state index contributed by atoms with van der Waals surface area (Å²) in [6.45, 7) is 4.89. The molecule has 2 heterocycles. The highest BCUT2D eigenvalue weighted by molar-refractivity contribution is 5.65. The van der Waals surface area contributed by atoms with Gasteiger partial charge in [-0.2, -0.15) is 10.1 Å². The minimum absolute atomic E-state index is 0.254. The predicted octanol–water partition coefficient (Wildman–Crippen LogP) is 2.17. The van der Waals surface area contributed by atoms with Crippen molar-refractivity contribution >= 4 is 0 Å². The van der Waals surface area contributed by atoms with Crippen LogP contribution < -0.4 is 15.2 Å². The molecule has 0 aromatic carbocycles. The van der Waals surface area contributed by atoms with Gasteiger partial charge in [0.2, 0.25) is 5.88 Å². The summed E-state index contributed by atoms with van der Waals surface area (Å²) in [5, 5.41) is 8.62. The van der Waals surface area contributed by atoms with E-state index in [1.54, 1.807) is 13.3 Å². The zero-order chi connectivity index (χ0) is 17.3. The fourth-order valence-corrected chi connectivity index (χ4v) is 3.13. The van der Waals surface area contributed by atoms with Crippen LogP contribution in [0, 0.1) is 11.8 Å². The second-order valence-corrected chi connectivity index (χ2v) is 6.37. The predicted molar refractivity (Wildman–Crippen MR) is 89.7 cm³/mol. The van der Waals surface area contributed by atoms with Crippen molar-refractivity contribution in [2.75, 3.05) is 14.2 Å². The van der Waals surface area contributed by atoms with Crippen LogP contribution in [0.4, 0.5) is 0 Å². The molecule has 1 aliphatic carbocycles. The zero-order valence-corrected chi connectivity index (χ0v) is 14.5. The fraction of sp³-hybridized carbons (Fsp3) is 0.529. The van der Waals surface area contributed by atoms with Gasteiger partial charge in [0.15, 0.2) is 0 Å². The molecule has 2 aromatic heterocycles. The van der Waals surface area contributed by atoms with Gasteiger partial charge >= 0.3 is 6.01 Å². The molecule has 2 aromatic rings. The van der Waals surface area contributed by atoms with Crippen LogP contribution in [0.3, 0.4) is 0 Å². The largest absolute Gasteiger partial charge is 0.480 e. The molecular weight excluding hydrogens is 306 g/mol. The van der Waals surface area contributed by atoms with E-state index >= 15 is 0 Å². The summed E-state index contributed by atoms with van der Waals surface area (Å²) in [7, 11) is 3.07. The molecule has 7 nitrogen and oxygen atoms in total. The van der Waals surface area contributed by atoms with Gasteiger partial charge in [0.25, 0.3) is 0 Å². The third kappa shape index (κ3) is 3.03. The quantitative estimate of drug-likeness (QED) is 0.867. The molecule has 0 saturated heterocycles. The molecule has 24 heavy (non-hydrogen) atoms. The summed E-state index contributed by atoms with van der Waals surface area (Å²) < 4.78 is 10.4. The van der Waals surface area contributed by atoms with Crippen LogP contribution in [0.2, 0.25) is 0 Å². The first-order chi connectivity index (χ1) is 11.6. The maximum atomic E-state index is 5.85. The lowest BCUT2D eigenvalue weighted by molar-refractivity contribution is 0.353. The number of hydrogen-bond donors (Lipinski definition) is 1. The summed E-state index contributed by atoms with van der Waals surface area (Å²) in [6, 6.07) is 2.31. The number of hydrogen-bond acceptors (Lipinski definition) is 7. The van der Waals surface area contributed by atoms with Gasteiger partial charge in [0.05, 0.1) is 25.5 Å². The van der Waals surface area contributed by atoms with Crippen molar-refractivity contribution in [3.63, 3.8) is 0 Å². The van der Waals surface area contributed by atoms with Crippen molar-refractivity contribution in [3.05, 3.63) is 23.5 Å². The Morgan fingerprint density at radius 3 is 2.62 bits per heavy atom. The molecule has 7 heteroatoms. The summed E-state index contributed by atoms with van der Waals surface area (Å²) >= 11 is 0. The highest BCUT2D eigenvalue weighted by atomic mass is 16.5. The minimum Gasteiger partial charge on any atom is -0.480 e. The summed E-state index contributed by atoms with van der Waals surface area (Å²) in [4.78, 5) is 8.37. The average molecular weight is 329 g/mol. The van der Waals surface area contributed by atoms with Crippen molar-refractivity contribution in [2.45, 2.75) is 32.7 Å². The molecule has 2 N–H and O–H groups in total. The lowest BCUT2D eigenvalue weighted by atomic mass is 10.0. The standard InChI is InChI=1S/C17H23N5O2/c1-9(2)10-5-11(10)12-6-14(21-22-15(12)7-18)13-8-19-17(24-4)20-16(13)23-3/h6,8-11H,5,7,18H2,1-4H3/t10-,11+/m1/s1. The molecule has 0 radical (unpaired) electrons. The summed E-state index contributed by atoms with van der Waals surface area (Å²) in [5.41, 5.74) is 9.28. The molecule has 2 atom stereocenters. The molecule has 128 valence electrons. The van der Waals surface area contributed by atoms with Crippen LogP contribution in [-0.2, 0) is 6.54 Å². The molecule has 0 unspecified atom stereocenters. The number of methoxy groups -OCH3 is 2. The Morgan fingerprint density at radius 1 is 1.25 bits per heavy atom. The maximum absolute atomic E-state index is 5.85. The average Bonchev–Trinajstić information content (AvgIpc) is 3.41. The second kappa shape index (κ2) is 6.68. The van der Waals surface area contributed by atoms with Crippen molar-refractivity contribution in [1.82, 2.24) is 20.2 Å². The molecule has 3 rings (SSSR count). The maximum Gasteiger partial charge on any atom is 0.319 e. The van der Waals surface area contributed by atoms with Gasteiger partial charge < -0.3 is 15.2 Å². The smallest absolute Gasteiger partial charge is 0.319 e. The Kier molecular flexibility index (Phi) is 4.62. The number of aromatic nitrogens is 4. The third-order valence-electron chi connectivity index (χ3n) is 4.58. The number of nitrogens with two attached hydrogens (primary N) is 1. The van der Waals surface area contributed by atoms with Crippen molar-refractivity contribution in [1.29, 1.82) is 0 Å². The highest BCUT2D eigenvalue weighted by Gasteiger charge is 2.41. The highest BCUT2D eigenvalue weighted by Crippen LogP contribution is 2.52. The van der Waals surface area contributed by atoms with Crippen molar-refractivity contribution in [3.8, 4) is 23.1 Å². The number of nitrogens with zero attached hydrogens (tertiary/aromatic N) is 4. The molecule has 0 amide bonds. The Morgan fingerprint density at radius 2 is 2.04 bits per heavy atom. The third-order valence-corrected chi connectivity index (χ3v) is 4.58. The van der Waals surface area contributed by atoms with E-state index in [2.05, 4.69) is 40.1 Å². The van der Waals surface area contributed by atoms with E-state index in [0.29, 0.717) is 41.4 Å². The SMILES string of the molecule is COc1ncc(-c2cc([C@H]3C[C@@H]3C(C)C)c(CN)nn2)c(OC)n1. The Hall–Kier alpha value is -2.28. The van der Waals surface area contributed by atoms with E-state index in [0.717, 1.165) is 5.69 Å². The van der Waals surface area contributed by atoms with Gasteiger partial charge in [0.1, 0.15) is 5.69 Å². The minimum atomic E-state index is 0.254.